The number of non-ortho nitro benzene ring substituents is 1. The van der Waals surface area contributed by atoms with Gasteiger partial charge in [0.15, 0.2) is 0 Å². The number of nitrogens with zero attached hydrogens (tertiary/aromatic N) is 2. The van der Waals surface area contributed by atoms with Crippen LogP contribution >= 0.6 is 0 Å². The lowest BCUT2D eigenvalue weighted by molar-refractivity contribution is -0.384. The van der Waals surface area contributed by atoms with Crippen molar-refractivity contribution in [3.05, 3.63) is 89.0 Å². The fourth-order valence-corrected chi connectivity index (χ4v) is 3.36. The minimum Gasteiger partial charge on any atom is -0.457 e. The van der Waals surface area contributed by atoms with Crippen LogP contribution in [0, 0.1) is 16.0 Å². The molecule has 1 saturated heterocycles. The number of hydrogen-bond acceptors (Lipinski definition) is 5. The summed E-state index contributed by atoms with van der Waals surface area (Å²) >= 11 is 0. The molecule has 1 aliphatic rings. The molecule has 1 atom stereocenters. The third kappa shape index (κ3) is 4.69. The maximum atomic E-state index is 12.6. The SMILES string of the molecule is O=C(Nc1ccc(Oc2ccccc2)cc1)[C@@H]1CC(=O)N(c2ccc([N+](=O)[O-])cc2)C1. The van der Waals surface area contributed by atoms with E-state index in [-0.39, 0.29) is 30.5 Å². The molecule has 31 heavy (non-hydrogen) atoms. The molecule has 8 heteroatoms. The highest BCUT2D eigenvalue weighted by molar-refractivity contribution is 6.03. The summed E-state index contributed by atoms with van der Waals surface area (Å²) in [5.41, 5.74) is 1.09. The Morgan fingerprint density at radius 3 is 2.26 bits per heavy atom. The highest BCUT2D eigenvalue weighted by atomic mass is 16.6. The molecule has 4 rings (SSSR count). The molecule has 1 heterocycles. The fourth-order valence-electron chi connectivity index (χ4n) is 3.36. The van der Waals surface area contributed by atoms with Crippen molar-refractivity contribution in [1.82, 2.24) is 0 Å². The molecule has 0 aromatic heterocycles. The molecule has 156 valence electrons. The lowest BCUT2D eigenvalue weighted by Crippen LogP contribution is -2.28. The summed E-state index contributed by atoms with van der Waals surface area (Å²) in [5, 5.41) is 13.6. The molecule has 0 radical (unpaired) electrons. The maximum absolute atomic E-state index is 12.6. The van der Waals surface area contributed by atoms with Gasteiger partial charge in [-0.05, 0) is 48.5 Å². The van der Waals surface area contributed by atoms with Crippen LogP contribution in [0.4, 0.5) is 17.1 Å². The number of hydrogen-bond donors (Lipinski definition) is 1. The molecule has 2 amide bonds. The van der Waals surface area contributed by atoms with Crippen LogP contribution in [-0.4, -0.2) is 23.3 Å². The Hall–Kier alpha value is -4.20. The third-order valence-corrected chi connectivity index (χ3v) is 4.97. The summed E-state index contributed by atoms with van der Waals surface area (Å²) in [6, 6.07) is 22.1. The number of carbonyl (C=O) groups is 2. The van der Waals surface area contributed by atoms with Gasteiger partial charge in [0.2, 0.25) is 11.8 Å². The number of ether oxygens (including phenoxy) is 1. The quantitative estimate of drug-likeness (QED) is 0.474. The maximum Gasteiger partial charge on any atom is 0.269 e. The van der Waals surface area contributed by atoms with E-state index < -0.39 is 10.8 Å². The lowest BCUT2D eigenvalue weighted by atomic mass is 10.1. The van der Waals surface area contributed by atoms with E-state index in [0.717, 1.165) is 5.75 Å². The summed E-state index contributed by atoms with van der Waals surface area (Å²) in [5.74, 6) is 0.401. The summed E-state index contributed by atoms with van der Waals surface area (Å²) < 4.78 is 5.73. The number of nitrogens with one attached hydrogen (secondary N) is 1. The summed E-state index contributed by atoms with van der Waals surface area (Å²) in [7, 11) is 0. The van der Waals surface area contributed by atoms with Crippen LogP contribution in [0.3, 0.4) is 0 Å². The van der Waals surface area contributed by atoms with Crippen LogP contribution in [0.1, 0.15) is 6.42 Å². The van der Waals surface area contributed by atoms with Crippen molar-refractivity contribution in [2.24, 2.45) is 5.92 Å². The lowest BCUT2D eigenvalue weighted by Gasteiger charge is -2.16. The van der Waals surface area contributed by atoms with Crippen molar-refractivity contribution in [2.75, 3.05) is 16.8 Å². The van der Waals surface area contributed by atoms with E-state index >= 15 is 0 Å². The molecular weight excluding hydrogens is 398 g/mol. The average molecular weight is 417 g/mol. The monoisotopic (exact) mass is 417 g/mol. The second-order valence-corrected chi connectivity index (χ2v) is 7.11. The van der Waals surface area contributed by atoms with Gasteiger partial charge < -0.3 is 15.0 Å². The Morgan fingerprint density at radius 1 is 0.968 bits per heavy atom. The number of nitro groups is 1. The van der Waals surface area contributed by atoms with Crippen LogP contribution in [0.15, 0.2) is 78.9 Å². The van der Waals surface area contributed by atoms with Gasteiger partial charge in [0.1, 0.15) is 11.5 Å². The van der Waals surface area contributed by atoms with Crippen LogP contribution in [0.25, 0.3) is 0 Å². The second kappa shape index (κ2) is 8.66. The van der Waals surface area contributed by atoms with E-state index in [0.29, 0.717) is 17.1 Å². The molecule has 8 nitrogen and oxygen atoms in total. The first kappa shape index (κ1) is 20.1. The van der Waals surface area contributed by atoms with E-state index in [1.165, 1.54) is 29.2 Å². The summed E-state index contributed by atoms with van der Waals surface area (Å²) in [6.07, 6.45) is 0.0814. The minimum atomic E-state index is -0.511. The summed E-state index contributed by atoms with van der Waals surface area (Å²) in [4.78, 5) is 36.8. The molecule has 3 aromatic carbocycles. The van der Waals surface area contributed by atoms with Gasteiger partial charge in [-0.1, -0.05) is 18.2 Å². The molecule has 0 aliphatic carbocycles. The molecular formula is C23H19N3O5. The van der Waals surface area contributed by atoms with Crippen molar-refractivity contribution < 1.29 is 19.2 Å². The van der Waals surface area contributed by atoms with E-state index in [1.54, 1.807) is 24.3 Å². The third-order valence-electron chi connectivity index (χ3n) is 4.97. The Labute approximate surface area is 178 Å². The van der Waals surface area contributed by atoms with Crippen molar-refractivity contribution in [1.29, 1.82) is 0 Å². The van der Waals surface area contributed by atoms with Crippen molar-refractivity contribution in [3.63, 3.8) is 0 Å². The number of nitro benzene ring substituents is 1. The zero-order valence-electron chi connectivity index (χ0n) is 16.4. The molecule has 0 saturated carbocycles. The van der Waals surface area contributed by atoms with Crippen molar-refractivity contribution in [3.8, 4) is 11.5 Å². The fraction of sp³-hybridized carbons (Fsp3) is 0.130. The summed E-state index contributed by atoms with van der Waals surface area (Å²) in [6.45, 7) is 0.220. The Morgan fingerprint density at radius 2 is 1.61 bits per heavy atom. The molecule has 1 N–H and O–H groups in total. The largest absolute Gasteiger partial charge is 0.457 e. The normalized spacial score (nSPS) is 15.5. The van der Waals surface area contributed by atoms with Crippen molar-refractivity contribution >= 4 is 28.9 Å². The number of carbonyl (C=O) groups excluding carboxylic acids is 2. The number of anilines is 2. The van der Waals surface area contributed by atoms with E-state index in [1.807, 2.05) is 30.3 Å². The number of para-hydroxylation sites is 1. The number of rotatable bonds is 6. The first-order valence-electron chi connectivity index (χ1n) is 9.68. The first-order valence-corrected chi connectivity index (χ1v) is 9.68. The smallest absolute Gasteiger partial charge is 0.269 e. The first-order chi connectivity index (χ1) is 15.0. The van der Waals surface area contributed by atoms with Crippen LogP contribution in [0.2, 0.25) is 0 Å². The van der Waals surface area contributed by atoms with Gasteiger partial charge in [-0.2, -0.15) is 0 Å². The highest BCUT2D eigenvalue weighted by Crippen LogP contribution is 2.28. The number of amides is 2. The minimum absolute atomic E-state index is 0.0515. The van der Waals surface area contributed by atoms with Gasteiger partial charge >= 0.3 is 0 Å². The molecule has 0 bridgehead atoms. The van der Waals surface area contributed by atoms with Gasteiger partial charge in [-0.3, -0.25) is 19.7 Å². The van der Waals surface area contributed by atoms with Crippen LogP contribution < -0.4 is 15.0 Å². The molecule has 1 aliphatic heterocycles. The van der Waals surface area contributed by atoms with Crippen LogP contribution in [-0.2, 0) is 9.59 Å². The molecule has 0 unspecified atom stereocenters. The Kier molecular flexibility index (Phi) is 5.61. The standard InChI is InChI=1S/C23H19N3O5/c27-22-14-16(15-25(22)18-8-10-19(11-9-18)26(29)30)23(28)24-17-6-12-21(13-7-17)31-20-4-2-1-3-5-20/h1-13,16H,14-15H2,(H,24,28)/t16-/m1/s1. The average Bonchev–Trinajstić information content (AvgIpc) is 3.18. The topological polar surface area (TPSA) is 102 Å². The second-order valence-electron chi connectivity index (χ2n) is 7.11. The van der Waals surface area contributed by atoms with Crippen molar-refractivity contribution in [2.45, 2.75) is 6.42 Å². The van der Waals surface area contributed by atoms with E-state index in [2.05, 4.69) is 5.32 Å². The van der Waals surface area contributed by atoms with Crippen LogP contribution in [0.5, 0.6) is 11.5 Å². The van der Waals surface area contributed by atoms with E-state index in [9.17, 15) is 19.7 Å². The highest BCUT2D eigenvalue weighted by Gasteiger charge is 2.35. The van der Waals surface area contributed by atoms with Gasteiger partial charge in [0.25, 0.3) is 5.69 Å². The predicted octanol–water partition coefficient (Wildman–Crippen LogP) is 4.38. The molecule has 1 fully saturated rings. The molecule has 3 aromatic rings. The zero-order valence-corrected chi connectivity index (χ0v) is 16.4. The Balaban J connectivity index is 1.36. The van der Waals surface area contributed by atoms with E-state index in [4.69, 9.17) is 4.74 Å². The van der Waals surface area contributed by atoms with Gasteiger partial charge in [0, 0.05) is 36.5 Å². The van der Waals surface area contributed by atoms with Gasteiger partial charge in [-0.15, -0.1) is 0 Å². The van der Waals surface area contributed by atoms with Gasteiger partial charge in [0.05, 0.1) is 10.8 Å². The van der Waals surface area contributed by atoms with Gasteiger partial charge in [-0.25, -0.2) is 0 Å². The number of benzene rings is 3. The predicted molar refractivity (Wildman–Crippen MR) is 115 cm³/mol. The zero-order chi connectivity index (χ0) is 21.8. The molecule has 0 spiro atoms. The Bertz CT molecular complexity index is 1100.